The van der Waals surface area contributed by atoms with Crippen molar-refractivity contribution >= 4 is 77.8 Å². The molecule has 2 amide bonds. The summed E-state index contributed by atoms with van der Waals surface area (Å²) in [5.41, 5.74) is 4.04. The van der Waals surface area contributed by atoms with Crippen molar-refractivity contribution in [1.82, 2.24) is 39.0 Å². The second-order valence-corrected chi connectivity index (χ2v) is 39.1. The molecule has 15 atom stereocenters. The minimum Gasteiger partial charge on any atom is -0.489 e. The van der Waals surface area contributed by atoms with Crippen molar-refractivity contribution < 1.29 is 46.4 Å². The number of carbonyl (C=O) groups is 2. The van der Waals surface area contributed by atoms with Crippen molar-refractivity contribution in [2.75, 3.05) is 155 Å². The Bertz CT molecular complexity index is 4200. The fourth-order valence-electron chi connectivity index (χ4n) is 19.9. The molecular weight excluding hydrogens is 1420 g/mol. The largest absolute Gasteiger partial charge is 0.489 e. The number of fused-ring (bicyclic) bond motifs is 9. The smallest absolute Gasteiger partial charge is 0.281 e. The molecule has 2 aromatic heterocycles. The first-order valence-corrected chi connectivity index (χ1v) is 43.6. The van der Waals surface area contributed by atoms with Crippen LogP contribution in [0.5, 0.6) is 11.5 Å². The Morgan fingerprint density at radius 1 is 0.575 bits per heavy atom. The number of nitrogens with one attached hydrogen (secondary N) is 2. The van der Waals surface area contributed by atoms with E-state index in [-0.39, 0.29) is 56.4 Å². The average Bonchev–Trinajstić information content (AvgIpc) is 1.43. The number of pyridine rings is 2. The van der Waals surface area contributed by atoms with Gasteiger partial charge in [-0.15, -0.1) is 0 Å². The van der Waals surface area contributed by atoms with Crippen LogP contribution < -0.4 is 28.7 Å². The Morgan fingerprint density at radius 3 is 1.49 bits per heavy atom. The number of aromatic nitrogens is 2. The number of hydrogen-bond acceptors (Lipinski definition) is 18. The van der Waals surface area contributed by atoms with Gasteiger partial charge in [-0.2, -0.15) is 0 Å². The monoisotopic (exact) mass is 1530 g/mol. The number of hydrogen-bond donors (Lipinski definition) is 2. The molecule has 106 heavy (non-hydrogen) atoms. The molecule has 4 aromatic rings. The average molecular weight is 1530 g/mol. The number of piperazine rings is 2. The highest BCUT2D eigenvalue weighted by Gasteiger charge is 2.53. The number of amides is 2. The van der Waals surface area contributed by atoms with E-state index in [9.17, 15) is 18.0 Å². The van der Waals surface area contributed by atoms with Crippen LogP contribution in [0.1, 0.15) is 135 Å². The minimum atomic E-state index is -3.00. The molecule has 8 aliphatic heterocycles. The van der Waals surface area contributed by atoms with E-state index in [0.29, 0.717) is 86.2 Å². The molecule has 2 unspecified atom stereocenters. The van der Waals surface area contributed by atoms with Crippen molar-refractivity contribution in [1.29, 1.82) is 0 Å². The first-order valence-electron chi connectivity index (χ1n) is 39.2. The van der Waals surface area contributed by atoms with Gasteiger partial charge in [-0.1, -0.05) is 73.5 Å². The normalized spacial score (nSPS) is 36.7. The third-order valence-electron chi connectivity index (χ3n) is 27.1. The lowest BCUT2D eigenvalue weighted by atomic mass is 9.63. The molecule has 10 heterocycles. The van der Waals surface area contributed by atoms with Crippen LogP contribution in [0.2, 0.25) is 10.0 Å². The van der Waals surface area contributed by atoms with E-state index in [1.54, 1.807) is 12.1 Å². The molecule has 12 aliphatic rings. The zero-order valence-corrected chi connectivity index (χ0v) is 66.3. The second kappa shape index (κ2) is 31.1. The summed E-state index contributed by atoms with van der Waals surface area (Å²) in [5, 5.41) is 0.787. The maximum absolute atomic E-state index is 14.0. The molecule has 4 saturated heterocycles. The molecule has 6 fully saturated rings. The fourth-order valence-corrected chi connectivity index (χ4v) is 23.2. The highest BCUT2D eigenvalue weighted by atomic mass is 35.5. The number of allylic oxidation sites excluding steroid dienone is 2. The van der Waals surface area contributed by atoms with Gasteiger partial charge in [-0.05, 0) is 209 Å². The minimum absolute atomic E-state index is 0.00692. The van der Waals surface area contributed by atoms with Gasteiger partial charge in [-0.25, -0.2) is 18.4 Å². The predicted octanol–water partition coefficient (Wildman–Crippen LogP) is 9.96. The van der Waals surface area contributed by atoms with E-state index in [1.165, 1.54) is 22.3 Å². The maximum atomic E-state index is 14.0. The Hall–Kier alpha value is -5.34. The molecule has 16 rings (SSSR count). The van der Waals surface area contributed by atoms with Crippen LogP contribution in [-0.2, 0) is 62.0 Å². The summed E-state index contributed by atoms with van der Waals surface area (Å²) in [7, 11) is -2.23. The van der Waals surface area contributed by atoms with Crippen LogP contribution in [0.15, 0.2) is 85.0 Å². The van der Waals surface area contributed by atoms with Crippen LogP contribution in [-0.4, -0.2) is 241 Å². The molecule has 4 bridgehead atoms. The lowest BCUT2D eigenvalue weighted by Crippen LogP contribution is -2.62. The first-order chi connectivity index (χ1) is 51.0. The Kier molecular flexibility index (Phi) is 22.3. The van der Waals surface area contributed by atoms with Crippen molar-refractivity contribution in [2.45, 2.75) is 149 Å². The number of ether oxygens (including phenoxy) is 6. The van der Waals surface area contributed by atoms with E-state index < -0.39 is 42.4 Å². The van der Waals surface area contributed by atoms with E-state index in [0.717, 1.165) is 179 Å². The van der Waals surface area contributed by atoms with Crippen LogP contribution in [0, 0.1) is 35.5 Å². The summed E-state index contributed by atoms with van der Waals surface area (Å²) < 4.78 is 71.9. The number of halogens is 2. The maximum Gasteiger partial charge on any atom is 0.281 e. The Labute approximate surface area is 639 Å². The molecule has 0 radical (unpaired) electrons. The molecule has 2 N–H and O–H groups in total. The van der Waals surface area contributed by atoms with Gasteiger partial charge in [0, 0.05) is 143 Å². The van der Waals surface area contributed by atoms with Gasteiger partial charge in [0.1, 0.15) is 22.6 Å². The first kappa shape index (κ1) is 76.0. The van der Waals surface area contributed by atoms with Crippen molar-refractivity contribution in [3.8, 4) is 11.5 Å². The molecule has 576 valence electrons. The van der Waals surface area contributed by atoms with Crippen LogP contribution in [0.25, 0.3) is 0 Å². The van der Waals surface area contributed by atoms with Gasteiger partial charge in [0.2, 0.25) is 0 Å². The summed E-state index contributed by atoms with van der Waals surface area (Å²) >= 11 is 13.0. The fraction of sp³-hybridized carbons (Fsp3) is 0.634. The van der Waals surface area contributed by atoms with Gasteiger partial charge < -0.3 is 38.2 Å². The number of carbonyl (C=O) groups excluding carboxylic acids is 2. The molecule has 4 aliphatic carbocycles. The van der Waals surface area contributed by atoms with Gasteiger partial charge >= 0.3 is 0 Å². The number of morpholine rings is 1. The SMILES string of the molecule is C=S1(=O)NC(=O)c2ccc3c(n2)N(C[C@@H]2CC[C@H]2[C@@](CN2CCN(C4COC4)CC2)(OC)/C=C/C[C@H](C)[C@H]1C)C[C@@]1(CCCc2cc(Cl)ccc21)CO3.C=S1(=O)NC(=O)c2ccc3c(n2)N(C[C@@H]2CC[C@H]2[C@@](CN2CCN4CCOC[C@@H]4C2)(OC)/C=C/C[C@H](C)[C@H]1C)C[C@@]1(CCCc2cc(Cl)ccc21)CO3. The lowest BCUT2D eigenvalue weighted by Gasteiger charge is -2.53. The topological polar surface area (TPSA) is 193 Å². The third-order valence-corrected chi connectivity index (χ3v) is 32.0. The predicted molar refractivity (Wildman–Crippen MR) is 423 cm³/mol. The zero-order chi connectivity index (χ0) is 73.9. The van der Waals surface area contributed by atoms with E-state index in [1.807, 2.05) is 52.3 Å². The van der Waals surface area contributed by atoms with E-state index in [2.05, 4.69) is 113 Å². The summed E-state index contributed by atoms with van der Waals surface area (Å²) in [6.45, 7) is 24.9. The molecule has 2 spiro atoms. The highest BCUT2D eigenvalue weighted by Crippen LogP contribution is 2.52. The second-order valence-electron chi connectivity index (χ2n) is 33.4. The highest BCUT2D eigenvalue weighted by molar-refractivity contribution is 7.99. The molecule has 2 aromatic carbocycles. The standard InChI is InChI=1S/2C41H56ClN5O5S/c1-28-7-5-16-41(50-3,26-45-17-19-46(20-18-45)33-23-51-24-33)35-11-9-31(35)22-47-25-40(15-6-8-30-21-32(42)10-12-34(30)40)27-52-37-14-13-36(43-38(37)47)39(48)44-53(4,49)29(28)2;1-28-7-5-16-41(50-3,26-45-17-18-46-19-20-51-24-33(46)23-45)35-11-9-31(35)22-47-25-40(15-6-8-30-21-32(42)10-12-34(30)40)27-52-37-14-13-36(43-38(37)47)39(48)44-53(4,49)29(28)2/h2*5,10,12-14,16,21,28-29,31,33,35H,4,6-9,11,15,17-20,22-27H2,1-3H3,(H,44,48,49)/b2*16-5+/t28-,29+,31-,35+,40-,41+,53?;28-,29+,31-,33-,35+,40-,41+,53?/m00/s1. The molecule has 20 nitrogen and oxygen atoms in total. The van der Waals surface area contributed by atoms with Crippen LogP contribution >= 0.6 is 23.2 Å². The molecular formula is C82H112Cl2N10O10S2. The Balaban J connectivity index is 0.000000170. The van der Waals surface area contributed by atoms with E-state index >= 15 is 0 Å². The number of benzene rings is 2. The van der Waals surface area contributed by atoms with Gasteiger partial charge in [-0.3, -0.25) is 38.6 Å². The summed E-state index contributed by atoms with van der Waals surface area (Å²) in [6.07, 6.45) is 20.9. The molecule has 24 heteroatoms. The van der Waals surface area contributed by atoms with Crippen LogP contribution in [0.3, 0.4) is 0 Å². The number of aryl methyl sites for hydroxylation is 2. The zero-order valence-electron chi connectivity index (χ0n) is 63.1. The summed E-state index contributed by atoms with van der Waals surface area (Å²) in [6, 6.07) is 20.7. The number of nitrogens with zero attached hydrogens (tertiary/aromatic N) is 8. The van der Waals surface area contributed by atoms with Gasteiger partial charge in [0.05, 0.1) is 65.1 Å². The summed E-state index contributed by atoms with van der Waals surface area (Å²) in [4.78, 5) is 52.6. The molecule has 2 saturated carbocycles. The van der Waals surface area contributed by atoms with Crippen molar-refractivity contribution in [2.24, 2.45) is 35.5 Å². The number of methoxy groups -OCH3 is 2. The van der Waals surface area contributed by atoms with Gasteiger partial charge in [0.25, 0.3) is 11.8 Å². The van der Waals surface area contributed by atoms with Crippen molar-refractivity contribution in [3.63, 3.8) is 0 Å². The number of rotatable bonds is 7. The van der Waals surface area contributed by atoms with E-state index in [4.69, 9.17) is 61.6 Å². The quantitative estimate of drug-likeness (QED) is 0.131. The van der Waals surface area contributed by atoms with Gasteiger partial charge in [0.15, 0.2) is 23.1 Å². The third kappa shape index (κ3) is 15.2. The Morgan fingerprint density at radius 2 is 1.04 bits per heavy atom. The number of anilines is 2. The van der Waals surface area contributed by atoms with Crippen molar-refractivity contribution in [3.05, 3.63) is 129 Å². The lowest BCUT2D eigenvalue weighted by molar-refractivity contribution is -0.108. The summed E-state index contributed by atoms with van der Waals surface area (Å²) in [5.74, 6) is 11.1. The van der Waals surface area contributed by atoms with Crippen LogP contribution in [0.4, 0.5) is 11.6 Å².